The van der Waals surface area contributed by atoms with Crippen LogP contribution in [-0.2, 0) is 4.79 Å². The first-order valence-electron chi connectivity index (χ1n) is 6.62. The van der Waals surface area contributed by atoms with Gasteiger partial charge in [-0.1, -0.05) is 0 Å². The Bertz CT molecular complexity index is 529. The van der Waals surface area contributed by atoms with Crippen LogP contribution in [-0.4, -0.2) is 41.0 Å². The van der Waals surface area contributed by atoms with Gasteiger partial charge in [0.15, 0.2) is 0 Å². The molecular formula is C13H19N3O3S. The number of carboxylic acid groups (broad SMARTS) is 1. The van der Waals surface area contributed by atoms with E-state index in [4.69, 9.17) is 0 Å². The number of nitrogens with one attached hydrogen (secondary N) is 1. The number of aryl methyl sites for hydroxylation is 1. The second-order valence-corrected chi connectivity index (χ2v) is 5.98. The highest BCUT2D eigenvalue weighted by atomic mass is 32.1. The maximum absolute atomic E-state index is 12.5. The van der Waals surface area contributed by atoms with Gasteiger partial charge in [-0.3, -0.25) is 4.79 Å². The van der Waals surface area contributed by atoms with Crippen molar-refractivity contribution < 1.29 is 14.7 Å². The molecule has 6 nitrogen and oxygen atoms in total. The average Bonchev–Trinajstić information content (AvgIpc) is 2.79. The summed E-state index contributed by atoms with van der Waals surface area (Å²) in [6.07, 6.45) is 1.57. The monoisotopic (exact) mass is 297 g/mol. The lowest BCUT2D eigenvalue weighted by Crippen LogP contribution is -2.43. The molecule has 2 unspecified atom stereocenters. The zero-order valence-corrected chi connectivity index (χ0v) is 12.7. The molecular weight excluding hydrogens is 278 g/mol. The number of anilines is 1. The second kappa shape index (κ2) is 5.88. The zero-order chi connectivity index (χ0) is 14.9. The van der Waals surface area contributed by atoms with Crippen molar-refractivity contribution in [2.45, 2.75) is 32.7 Å². The first kappa shape index (κ1) is 14.9. The number of piperidine rings is 1. The lowest BCUT2D eigenvalue weighted by atomic mass is 9.92. The van der Waals surface area contributed by atoms with Crippen LogP contribution >= 0.6 is 11.5 Å². The van der Waals surface area contributed by atoms with Gasteiger partial charge in [-0.15, -0.1) is 0 Å². The predicted molar refractivity (Wildman–Crippen MR) is 77.4 cm³/mol. The number of amides is 1. The molecule has 20 heavy (non-hydrogen) atoms. The van der Waals surface area contributed by atoms with E-state index in [0.29, 0.717) is 16.7 Å². The molecule has 1 saturated heterocycles. The molecule has 1 aliphatic heterocycles. The predicted octanol–water partition coefficient (Wildman–Crippen LogP) is 1.50. The van der Waals surface area contributed by atoms with Gasteiger partial charge in [-0.25, -0.2) is 4.79 Å². The Morgan fingerprint density at radius 3 is 2.80 bits per heavy atom. The van der Waals surface area contributed by atoms with Gasteiger partial charge in [0, 0.05) is 19.0 Å². The molecule has 2 rings (SSSR count). The zero-order valence-electron chi connectivity index (χ0n) is 11.8. The molecule has 7 heteroatoms. The summed E-state index contributed by atoms with van der Waals surface area (Å²) in [6.45, 7) is 4.52. The van der Waals surface area contributed by atoms with Crippen LogP contribution in [0.1, 0.15) is 35.8 Å². The van der Waals surface area contributed by atoms with E-state index in [2.05, 4.69) is 16.6 Å². The Balaban J connectivity index is 2.20. The van der Waals surface area contributed by atoms with Crippen LogP contribution in [0.25, 0.3) is 0 Å². The fourth-order valence-corrected chi connectivity index (χ4v) is 3.42. The third-order valence-electron chi connectivity index (χ3n) is 3.67. The summed E-state index contributed by atoms with van der Waals surface area (Å²) in [5.74, 6) is -1.12. The molecule has 2 heterocycles. The number of hydrogen-bond donors (Lipinski definition) is 2. The van der Waals surface area contributed by atoms with Crippen LogP contribution in [0.15, 0.2) is 0 Å². The highest BCUT2D eigenvalue weighted by Crippen LogP contribution is 2.30. The Kier molecular flexibility index (Phi) is 4.39. The van der Waals surface area contributed by atoms with E-state index < -0.39 is 5.97 Å². The number of carbonyl (C=O) groups is 2. The van der Waals surface area contributed by atoms with E-state index >= 15 is 0 Å². The van der Waals surface area contributed by atoms with Gasteiger partial charge in [-0.2, -0.15) is 4.37 Å². The average molecular weight is 297 g/mol. The van der Waals surface area contributed by atoms with E-state index in [-0.39, 0.29) is 17.4 Å². The van der Waals surface area contributed by atoms with Gasteiger partial charge >= 0.3 is 5.97 Å². The lowest BCUT2D eigenvalue weighted by molar-refractivity contribution is -0.123. The molecule has 1 fully saturated rings. The fraction of sp³-hybridized carbons (Fsp3) is 0.615. The van der Waals surface area contributed by atoms with Crippen LogP contribution in [0.2, 0.25) is 0 Å². The molecule has 0 aliphatic carbocycles. The van der Waals surface area contributed by atoms with Crippen molar-refractivity contribution in [2.24, 2.45) is 5.92 Å². The number of rotatable bonds is 3. The van der Waals surface area contributed by atoms with Crippen molar-refractivity contribution in [3.8, 4) is 0 Å². The molecule has 0 bridgehead atoms. The van der Waals surface area contributed by atoms with Crippen molar-refractivity contribution in [3.63, 3.8) is 0 Å². The van der Waals surface area contributed by atoms with Crippen LogP contribution in [0, 0.1) is 12.8 Å². The molecule has 1 amide bonds. The minimum Gasteiger partial charge on any atom is -0.478 e. The van der Waals surface area contributed by atoms with Gasteiger partial charge in [0.1, 0.15) is 10.6 Å². The van der Waals surface area contributed by atoms with Crippen molar-refractivity contribution in [1.29, 1.82) is 0 Å². The molecule has 0 radical (unpaired) electrons. The topological polar surface area (TPSA) is 82.5 Å². The van der Waals surface area contributed by atoms with E-state index in [1.54, 1.807) is 14.0 Å². The molecule has 1 aromatic heterocycles. The molecule has 2 N–H and O–H groups in total. The third-order valence-corrected chi connectivity index (χ3v) is 4.68. The second-order valence-electron chi connectivity index (χ2n) is 5.23. The fourth-order valence-electron chi connectivity index (χ4n) is 2.56. The van der Waals surface area contributed by atoms with Gasteiger partial charge in [0.2, 0.25) is 5.91 Å². The summed E-state index contributed by atoms with van der Waals surface area (Å²) in [6, 6.07) is 0.313. The summed E-state index contributed by atoms with van der Waals surface area (Å²) < 4.78 is 4.06. The summed E-state index contributed by atoms with van der Waals surface area (Å²) in [4.78, 5) is 25.2. The quantitative estimate of drug-likeness (QED) is 0.883. The Labute approximate surface area is 122 Å². The SMILES string of the molecule is Cc1nsc(N(C)C(=O)C2CCNC(C)C2)c1C(=O)O. The van der Waals surface area contributed by atoms with Crippen LogP contribution < -0.4 is 10.2 Å². The summed E-state index contributed by atoms with van der Waals surface area (Å²) in [7, 11) is 1.63. The summed E-state index contributed by atoms with van der Waals surface area (Å²) >= 11 is 1.06. The van der Waals surface area contributed by atoms with Crippen molar-refractivity contribution in [2.75, 3.05) is 18.5 Å². The number of hydrogen-bond acceptors (Lipinski definition) is 5. The number of aromatic carboxylic acids is 1. The Morgan fingerprint density at radius 1 is 1.50 bits per heavy atom. The highest BCUT2D eigenvalue weighted by molar-refractivity contribution is 7.11. The minimum atomic E-state index is -1.04. The maximum atomic E-state index is 12.5. The summed E-state index contributed by atoms with van der Waals surface area (Å²) in [5, 5.41) is 13.0. The molecule has 0 aromatic carbocycles. The number of aromatic nitrogens is 1. The van der Waals surface area contributed by atoms with E-state index in [0.717, 1.165) is 30.9 Å². The minimum absolute atomic E-state index is 0.0236. The van der Waals surface area contributed by atoms with Crippen molar-refractivity contribution in [1.82, 2.24) is 9.69 Å². The first-order valence-corrected chi connectivity index (χ1v) is 7.39. The van der Waals surface area contributed by atoms with Gasteiger partial charge < -0.3 is 15.3 Å². The Morgan fingerprint density at radius 2 is 2.20 bits per heavy atom. The molecule has 0 spiro atoms. The number of carboxylic acids is 1. The first-order chi connectivity index (χ1) is 9.41. The van der Waals surface area contributed by atoms with Crippen LogP contribution in [0.5, 0.6) is 0 Å². The molecule has 0 saturated carbocycles. The molecule has 1 aliphatic rings. The maximum Gasteiger partial charge on any atom is 0.340 e. The van der Waals surface area contributed by atoms with Crippen molar-refractivity contribution >= 4 is 28.4 Å². The van der Waals surface area contributed by atoms with Gasteiger partial charge in [-0.05, 0) is 44.8 Å². The van der Waals surface area contributed by atoms with E-state index in [1.807, 2.05) is 0 Å². The third kappa shape index (κ3) is 2.83. The number of carbonyl (C=O) groups excluding carboxylic acids is 1. The van der Waals surface area contributed by atoms with Crippen molar-refractivity contribution in [3.05, 3.63) is 11.3 Å². The van der Waals surface area contributed by atoms with E-state index in [1.165, 1.54) is 4.90 Å². The highest BCUT2D eigenvalue weighted by Gasteiger charge is 2.30. The normalized spacial score (nSPS) is 22.6. The lowest BCUT2D eigenvalue weighted by Gasteiger charge is -2.29. The smallest absolute Gasteiger partial charge is 0.340 e. The summed E-state index contributed by atoms with van der Waals surface area (Å²) in [5.41, 5.74) is 0.587. The molecule has 110 valence electrons. The van der Waals surface area contributed by atoms with E-state index in [9.17, 15) is 14.7 Å². The largest absolute Gasteiger partial charge is 0.478 e. The standard InChI is InChI=1S/C13H19N3O3S/c1-7-6-9(4-5-14-7)11(17)16(3)12-10(13(18)19)8(2)15-20-12/h7,9,14H,4-6H2,1-3H3,(H,18,19). The van der Waals surface area contributed by atoms with Gasteiger partial charge in [0.25, 0.3) is 0 Å². The van der Waals surface area contributed by atoms with Gasteiger partial charge in [0.05, 0.1) is 5.69 Å². The molecule has 1 aromatic rings. The van der Waals surface area contributed by atoms with Crippen LogP contribution in [0.3, 0.4) is 0 Å². The number of nitrogens with zero attached hydrogens (tertiary/aromatic N) is 2. The Hall–Kier alpha value is -1.47. The molecule has 2 atom stereocenters. The van der Waals surface area contributed by atoms with Crippen LogP contribution in [0.4, 0.5) is 5.00 Å².